The Morgan fingerprint density at radius 1 is 1.00 bits per heavy atom. The maximum absolute atomic E-state index is 2.52. The van der Waals surface area contributed by atoms with Gasteiger partial charge in [-0.15, -0.1) is 0 Å². The molecule has 15 heavy (non-hydrogen) atoms. The SMILES string of the molecule is CCC1C(C)CC(C)C(CC)(CC)C1C. The molecule has 1 aliphatic carbocycles. The van der Waals surface area contributed by atoms with Crippen LogP contribution in [-0.4, -0.2) is 0 Å². The Morgan fingerprint density at radius 2 is 1.53 bits per heavy atom. The zero-order chi connectivity index (χ0) is 11.6. The largest absolute Gasteiger partial charge is 0.0651 e. The summed E-state index contributed by atoms with van der Waals surface area (Å²) in [7, 11) is 0. The van der Waals surface area contributed by atoms with E-state index in [1.54, 1.807) is 0 Å². The lowest BCUT2D eigenvalue weighted by atomic mass is 9.52. The summed E-state index contributed by atoms with van der Waals surface area (Å²) in [5, 5.41) is 0. The van der Waals surface area contributed by atoms with Crippen LogP contribution in [-0.2, 0) is 0 Å². The van der Waals surface area contributed by atoms with Crippen LogP contribution in [0.1, 0.15) is 67.2 Å². The van der Waals surface area contributed by atoms with Gasteiger partial charge >= 0.3 is 0 Å². The van der Waals surface area contributed by atoms with Gasteiger partial charge in [0.15, 0.2) is 0 Å². The zero-order valence-electron chi connectivity index (χ0n) is 11.6. The lowest BCUT2D eigenvalue weighted by molar-refractivity contribution is -0.0390. The molecule has 4 atom stereocenters. The van der Waals surface area contributed by atoms with Crippen LogP contribution >= 0.6 is 0 Å². The summed E-state index contributed by atoms with van der Waals surface area (Å²) in [5.41, 5.74) is 0.632. The highest BCUT2D eigenvalue weighted by molar-refractivity contribution is 4.95. The van der Waals surface area contributed by atoms with Crippen molar-refractivity contribution in [3.63, 3.8) is 0 Å². The van der Waals surface area contributed by atoms with Crippen molar-refractivity contribution in [1.82, 2.24) is 0 Å². The second-order valence-electron chi connectivity index (χ2n) is 5.92. The molecule has 0 aromatic rings. The second-order valence-corrected chi connectivity index (χ2v) is 5.92. The molecule has 1 aliphatic rings. The molecule has 90 valence electrons. The Hall–Kier alpha value is 0. The Balaban J connectivity index is 2.95. The first-order valence-corrected chi connectivity index (χ1v) is 7.03. The topological polar surface area (TPSA) is 0 Å². The highest BCUT2D eigenvalue weighted by Gasteiger charge is 2.46. The molecule has 0 nitrogen and oxygen atoms in total. The molecule has 4 unspecified atom stereocenters. The van der Waals surface area contributed by atoms with E-state index in [1.165, 1.54) is 25.7 Å². The fraction of sp³-hybridized carbons (Fsp3) is 1.00. The predicted octanol–water partition coefficient (Wildman–Crippen LogP) is 5.13. The molecule has 0 aromatic carbocycles. The van der Waals surface area contributed by atoms with Crippen molar-refractivity contribution in [3.05, 3.63) is 0 Å². The first-order valence-electron chi connectivity index (χ1n) is 7.03. The third-order valence-corrected chi connectivity index (χ3v) is 5.77. The van der Waals surface area contributed by atoms with Gasteiger partial charge in [-0.1, -0.05) is 48.0 Å². The number of rotatable bonds is 3. The summed E-state index contributed by atoms with van der Waals surface area (Å²) in [6.45, 7) is 14.7. The van der Waals surface area contributed by atoms with E-state index >= 15 is 0 Å². The van der Waals surface area contributed by atoms with Crippen molar-refractivity contribution in [1.29, 1.82) is 0 Å². The van der Waals surface area contributed by atoms with Gasteiger partial charge in [0, 0.05) is 0 Å². The van der Waals surface area contributed by atoms with Gasteiger partial charge in [-0.3, -0.25) is 0 Å². The van der Waals surface area contributed by atoms with Crippen LogP contribution in [0.25, 0.3) is 0 Å². The molecule has 0 radical (unpaired) electrons. The zero-order valence-corrected chi connectivity index (χ0v) is 11.6. The van der Waals surface area contributed by atoms with E-state index in [9.17, 15) is 0 Å². The number of hydrogen-bond acceptors (Lipinski definition) is 0. The van der Waals surface area contributed by atoms with Gasteiger partial charge in [-0.25, -0.2) is 0 Å². The first-order chi connectivity index (χ1) is 7.03. The fourth-order valence-electron chi connectivity index (χ4n) is 4.68. The monoisotopic (exact) mass is 210 g/mol. The van der Waals surface area contributed by atoms with E-state index in [0.29, 0.717) is 5.41 Å². The second kappa shape index (κ2) is 4.89. The Kier molecular flexibility index (Phi) is 4.26. The summed E-state index contributed by atoms with van der Waals surface area (Å²) in [4.78, 5) is 0. The van der Waals surface area contributed by atoms with Crippen molar-refractivity contribution < 1.29 is 0 Å². The van der Waals surface area contributed by atoms with E-state index < -0.39 is 0 Å². The summed E-state index contributed by atoms with van der Waals surface area (Å²) in [6.07, 6.45) is 5.56. The molecule has 1 rings (SSSR count). The van der Waals surface area contributed by atoms with E-state index in [2.05, 4.69) is 41.5 Å². The molecule has 0 heterocycles. The highest BCUT2D eigenvalue weighted by atomic mass is 14.5. The van der Waals surface area contributed by atoms with Crippen molar-refractivity contribution in [2.45, 2.75) is 67.2 Å². The lowest BCUT2D eigenvalue weighted by Gasteiger charge is -2.53. The maximum Gasteiger partial charge on any atom is -0.0249 e. The minimum absolute atomic E-state index is 0.632. The molecule has 0 bridgehead atoms. The predicted molar refractivity (Wildman–Crippen MR) is 68.9 cm³/mol. The molecule has 0 heteroatoms. The van der Waals surface area contributed by atoms with Crippen LogP contribution in [0.2, 0.25) is 0 Å². The van der Waals surface area contributed by atoms with Crippen LogP contribution in [0.5, 0.6) is 0 Å². The molecule has 0 N–H and O–H groups in total. The maximum atomic E-state index is 2.52. The van der Waals surface area contributed by atoms with Crippen molar-refractivity contribution in [3.8, 4) is 0 Å². The molecule has 0 amide bonds. The average Bonchev–Trinajstić information content (AvgIpc) is 2.20. The summed E-state index contributed by atoms with van der Waals surface area (Å²) in [5.74, 6) is 3.73. The van der Waals surface area contributed by atoms with Gasteiger partial charge in [0.2, 0.25) is 0 Å². The van der Waals surface area contributed by atoms with Gasteiger partial charge in [-0.2, -0.15) is 0 Å². The fourth-order valence-corrected chi connectivity index (χ4v) is 4.68. The van der Waals surface area contributed by atoms with Crippen molar-refractivity contribution in [2.24, 2.45) is 29.1 Å². The lowest BCUT2D eigenvalue weighted by Crippen LogP contribution is -2.45. The highest BCUT2D eigenvalue weighted by Crippen LogP contribution is 2.54. The third kappa shape index (κ3) is 1.97. The smallest absolute Gasteiger partial charge is 0.0249 e. The van der Waals surface area contributed by atoms with E-state index in [1.807, 2.05) is 0 Å². The van der Waals surface area contributed by atoms with Gasteiger partial charge < -0.3 is 0 Å². The Morgan fingerprint density at radius 3 is 1.93 bits per heavy atom. The van der Waals surface area contributed by atoms with Gasteiger partial charge in [0.1, 0.15) is 0 Å². The third-order valence-electron chi connectivity index (χ3n) is 5.77. The van der Waals surface area contributed by atoms with E-state index in [0.717, 1.165) is 23.7 Å². The molecule has 1 fully saturated rings. The van der Waals surface area contributed by atoms with E-state index in [4.69, 9.17) is 0 Å². The van der Waals surface area contributed by atoms with Crippen molar-refractivity contribution >= 4 is 0 Å². The van der Waals surface area contributed by atoms with Crippen LogP contribution < -0.4 is 0 Å². The standard InChI is InChI=1S/C15H30/c1-7-14-11(4)10-12(5)15(8-2,9-3)13(14)6/h11-14H,7-10H2,1-6H3. The molecule has 0 saturated heterocycles. The number of hydrogen-bond donors (Lipinski definition) is 0. The average molecular weight is 210 g/mol. The minimum Gasteiger partial charge on any atom is -0.0651 e. The van der Waals surface area contributed by atoms with Gasteiger partial charge in [0.05, 0.1) is 0 Å². The minimum atomic E-state index is 0.632. The Bertz CT molecular complexity index is 190. The molecular formula is C15H30. The first kappa shape index (κ1) is 13.1. The van der Waals surface area contributed by atoms with E-state index in [-0.39, 0.29) is 0 Å². The molecule has 0 spiro atoms. The van der Waals surface area contributed by atoms with Gasteiger partial charge in [0.25, 0.3) is 0 Å². The van der Waals surface area contributed by atoms with Crippen LogP contribution in [0, 0.1) is 29.1 Å². The summed E-state index contributed by atoms with van der Waals surface area (Å²) in [6, 6.07) is 0. The van der Waals surface area contributed by atoms with Crippen LogP contribution in [0.3, 0.4) is 0 Å². The summed E-state index contributed by atoms with van der Waals surface area (Å²) >= 11 is 0. The Labute approximate surface area is 96.8 Å². The molecular weight excluding hydrogens is 180 g/mol. The van der Waals surface area contributed by atoms with Crippen molar-refractivity contribution in [2.75, 3.05) is 0 Å². The van der Waals surface area contributed by atoms with Crippen LogP contribution in [0.4, 0.5) is 0 Å². The summed E-state index contributed by atoms with van der Waals surface area (Å²) < 4.78 is 0. The molecule has 1 saturated carbocycles. The quantitative estimate of drug-likeness (QED) is 0.605. The van der Waals surface area contributed by atoms with Crippen LogP contribution in [0.15, 0.2) is 0 Å². The van der Waals surface area contributed by atoms with Gasteiger partial charge in [-0.05, 0) is 48.3 Å². The normalized spacial score (nSPS) is 40.4. The molecule has 0 aliphatic heterocycles. The molecule has 0 aromatic heterocycles.